The molecule has 0 saturated heterocycles. The van der Waals surface area contributed by atoms with Crippen LogP contribution < -0.4 is 0 Å². The van der Waals surface area contributed by atoms with Crippen molar-refractivity contribution >= 4 is 29.3 Å². The Morgan fingerprint density at radius 1 is 1.21 bits per heavy atom. The van der Waals surface area contributed by atoms with Crippen LogP contribution in [-0.4, -0.2) is 46.4 Å². The summed E-state index contributed by atoms with van der Waals surface area (Å²) in [6, 6.07) is 13.5. The normalized spacial score (nSPS) is 12.0. The van der Waals surface area contributed by atoms with E-state index < -0.39 is 0 Å². The second-order valence-electron chi connectivity index (χ2n) is 6.75. The minimum atomic E-state index is -0.373. The fourth-order valence-corrected chi connectivity index (χ4v) is 4.04. The minimum absolute atomic E-state index is 0.0821. The zero-order valence-electron chi connectivity index (χ0n) is 16.9. The highest BCUT2D eigenvalue weighted by Crippen LogP contribution is 2.27. The molecule has 0 aliphatic rings. The van der Waals surface area contributed by atoms with Crippen molar-refractivity contribution in [3.63, 3.8) is 0 Å². The molecule has 0 saturated carbocycles. The molecule has 29 heavy (non-hydrogen) atoms. The monoisotopic (exact) mass is 411 g/mol. The number of hydrogen-bond donors (Lipinski definition) is 0. The van der Waals surface area contributed by atoms with Crippen molar-refractivity contribution in [2.45, 2.75) is 24.5 Å². The van der Waals surface area contributed by atoms with Gasteiger partial charge in [0, 0.05) is 36.1 Å². The second kappa shape index (κ2) is 9.60. The van der Waals surface area contributed by atoms with Gasteiger partial charge in [-0.05, 0) is 31.2 Å². The van der Waals surface area contributed by atoms with Crippen molar-refractivity contribution in [1.29, 1.82) is 0 Å². The number of carbonyl (C=O) groups excluding carboxylic acids is 2. The van der Waals surface area contributed by atoms with Gasteiger partial charge in [0.2, 0.25) is 0 Å². The molecular weight excluding hydrogens is 386 g/mol. The molecule has 1 unspecified atom stereocenters. The SMILES string of the molecule is CCN(CC(C)C(=O)OC)C(=O)c1ccccc1SCc1cn2ccccc2n1. The molecule has 1 aromatic carbocycles. The smallest absolute Gasteiger partial charge is 0.310 e. The molecule has 0 radical (unpaired) electrons. The molecule has 2 heterocycles. The fourth-order valence-electron chi connectivity index (χ4n) is 3.11. The van der Waals surface area contributed by atoms with E-state index in [1.54, 1.807) is 23.6 Å². The van der Waals surface area contributed by atoms with Crippen molar-refractivity contribution in [2.75, 3.05) is 20.2 Å². The van der Waals surface area contributed by atoms with Crippen LogP contribution >= 0.6 is 11.8 Å². The van der Waals surface area contributed by atoms with Gasteiger partial charge in [0.15, 0.2) is 0 Å². The maximum Gasteiger partial charge on any atom is 0.310 e. The maximum absolute atomic E-state index is 13.1. The van der Waals surface area contributed by atoms with Crippen LogP contribution in [0.15, 0.2) is 59.8 Å². The van der Waals surface area contributed by atoms with Gasteiger partial charge in [-0.25, -0.2) is 4.98 Å². The number of pyridine rings is 1. The highest BCUT2D eigenvalue weighted by Gasteiger charge is 2.23. The molecule has 3 rings (SSSR count). The third-order valence-corrected chi connectivity index (χ3v) is 5.78. The van der Waals surface area contributed by atoms with Gasteiger partial charge in [-0.2, -0.15) is 0 Å². The van der Waals surface area contributed by atoms with Gasteiger partial charge in [-0.15, -0.1) is 11.8 Å². The number of fused-ring (bicyclic) bond motifs is 1. The van der Waals surface area contributed by atoms with E-state index in [1.165, 1.54) is 7.11 Å². The summed E-state index contributed by atoms with van der Waals surface area (Å²) in [4.78, 5) is 32.1. The van der Waals surface area contributed by atoms with Gasteiger partial charge >= 0.3 is 5.97 Å². The van der Waals surface area contributed by atoms with E-state index in [0.29, 0.717) is 24.4 Å². The number of methoxy groups -OCH3 is 1. The van der Waals surface area contributed by atoms with Crippen LogP contribution in [0.3, 0.4) is 0 Å². The van der Waals surface area contributed by atoms with E-state index in [1.807, 2.05) is 66.2 Å². The molecule has 0 aliphatic heterocycles. The largest absolute Gasteiger partial charge is 0.469 e. The molecule has 152 valence electrons. The van der Waals surface area contributed by atoms with Crippen LogP contribution in [0.25, 0.3) is 5.65 Å². The molecule has 0 spiro atoms. The average Bonchev–Trinajstić information content (AvgIpc) is 3.18. The standard InChI is InChI=1S/C22H25N3O3S/c1-4-24(13-16(2)22(27)28-3)21(26)18-9-5-6-10-19(18)29-15-17-14-25-12-8-7-11-20(25)23-17/h5-12,14,16H,4,13,15H2,1-3H3. The van der Waals surface area contributed by atoms with Crippen LogP contribution in [-0.2, 0) is 15.3 Å². The van der Waals surface area contributed by atoms with Crippen LogP contribution in [0.4, 0.5) is 0 Å². The maximum atomic E-state index is 13.1. The summed E-state index contributed by atoms with van der Waals surface area (Å²) in [5.41, 5.74) is 2.50. The van der Waals surface area contributed by atoms with Crippen molar-refractivity contribution in [1.82, 2.24) is 14.3 Å². The Balaban J connectivity index is 1.74. The highest BCUT2D eigenvalue weighted by molar-refractivity contribution is 7.98. The van der Waals surface area contributed by atoms with Gasteiger partial charge in [-0.3, -0.25) is 9.59 Å². The lowest BCUT2D eigenvalue weighted by Crippen LogP contribution is -2.37. The third-order valence-electron chi connectivity index (χ3n) is 4.67. The molecule has 0 N–H and O–H groups in total. The Labute approximate surface area is 174 Å². The molecule has 1 amide bonds. The van der Waals surface area contributed by atoms with E-state index in [-0.39, 0.29) is 17.8 Å². The van der Waals surface area contributed by atoms with Gasteiger partial charge in [0.05, 0.1) is 24.3 Å². The van der Waals surface area contributed by atoms with E-state index in [2.05, 4.69) is 4.98 Å². The van der Waals surface area contributed by atoms with Crippen LogP contribution in [0, 0.1) is 5.92 Å². The number of nitrogens with zero attached hydrogens (tertiary/aromatic N) is 3. The number of imidazole rings is 1. The summed E-state index contributed by atoms with van der Waals surface area (Å²) in [5, 5.41) is 0. The Bertz CT molecular complexity index is 969. The number of hydrogen-bond acceptors (Lipinski definition) is 5. The zero-order valence-corrected chi connectivity index (χ0v) is 17.7. The third kappa shape index (κ3) is 4.98. The summed E-state index contributed by atoms with van der Waals surface area (Å²) in [5.74, 6) is -0.106. The van der Waals surface area contributed by atoms with Gasteiger partial charge in [0.25, 0.3) is 5.91 Å². The number of benzene rings is 1. The average molecular weight is 412 g/mol. The number of rotatable bonds is 8. The van der Waals surface area contributed by atoms with Gasteiger partial charge in [0.1, 0.15) is 5.65 Å². The van der Waals surface area contributed by atoms with E-state index >= 15 is 0 Å². The lowest BCUT2D eigenvalue weighted by Gasteiger charge is -2.24. The summed E-state index contributed by atoms with van der Waals surface area (Å²) in [6.45, 7) is 4.53. The number of amides is 1. The lowest BCUT2D eigenvalue weighted by molar-refractivity contribution is -0.145. The first-order valence-electron chi connectivity index (χ1n) is 9.55. The number of thioether (sulfide) groups is 1. The van der Waals surface area contributed by atoms with Gasteiger partial charge in [-0.1, -0.05) is 25.1 Å². The van der Waals surface area contributed by atoms with Crippen molar-refractivity contribution < 1.29 is 14.3 Å². The Kier molecular flexibility index (Phi) is 6.93. The number of carbonyl (C=O) groups is 2. The molecule has 0 aliphatic carbocycles. The summed E-state index contributed by atoms with van der Waals surface area (Å²) >= 11 is 1.59. The quantitative estimate of drug-likeness (QED) is 0.416. The molecule has 0 fully saturated rings. The highest BCUT2D eigenvalue weighted by atomic mass is 32.2. The molecule has 0 bridgehead atoms. The zero-order chi connectivity index (χ0) is 20.8. The van der Waals surface area contributed by atoms with E-state index in [0.717, 1.165) is 16.2 Å². The molecule has 3 aromatic rings. The first-order chi connectivity index (χ1) is 14.0. The molecule has 6 nitrogen and oxygen atoms in total. The molecule has 7 heteroatoms. The first kappa shape index (κ1) is 20.9. The summed E-state index contributed by atoms with van der Waals surface area (Å²) in [6.07, 6.45) is 3.97. The van der Waals surface area contributed by atoms with Crippen molar-refractivity contribution in [3.05, 3.63) is 66.1 Å². The summed E-state index contributed by atoms with van der Waals surface area (Å²) < 4.78 is 6.78. The van der Waals surface area contributed by atoms with Crippen LogP contribution in [0.1, 0.15) is 29.9 Å². The topological polar surface area (TPSA) is 63.9 Å². The van der Waals surface area contributed by atoms with Crippen LogP contribution in [0.5, 0.6) is 0 Å². The number of aromatic nitrogens is 2. The predicted octanol–water partition coefficient (Wildman–Crippen LogP) is 3.90. The molecular formula is C22H25N3O3S. The lowest BCUT2D eigenvalue weighted by atomic mass is 10.1. The second-order valence-corrected chi connectivity index (χ2v) is 7.77. The minimum Gasteiger partial charge on any atom is -0.469 e. The molecule has 1 atom stereocenters. The van der Waals surface area contributed by atoms with Crippen LogP contribution in [0.2, 0.25) is 0 Å². The molecule has 2 aromatic heterocycles. The first-order valence-corrected chi connectivity index (χ1v) is 10.5. The Morgan fingerprint density at radius 3 is 2.69 bits per heavy atom. The Morgan fingerprint density at radius 2 is 1.97 bits per heavy atom. The summed E-state index contributed by atoms with van der Waals surface area (Å²) in [7, 11) is 1.36. The Hall–Kier alpha value is -2.80. The van der Waals surface area contributed by atoms with Crippen molar-refractivity contribution in [3.8, 4) is 0 Å². The van der Waals surface area contributed by atoms with E-state index in [9.17, 15) is 9.59 Å². The van der Waals surface area contributed by atoms with Crippen molar-refractivity contribution in [2.24, 2.45) is 5.92 Å². The van der Waals surface area contributed by atoms with E-state index in [4.69, 9.17) is 4.74 Å². The van der Waals surface area contributed by atoms with Gasteiger partial charge < -0.3 is 14.0 Å². The number of ether oxygens (including phenoxy) is 1. The predicted molar refractivity (Wildman–Crippen MR) is 114 cm³/mol. The number of esters is 1. The fraction of sp³-hybridized carbons (Fsp3) is 0.318.